The van der Waals surface area contributed by atoms with E-state index in [1.807, 2.05) is 13.8 Å². The highest BCUT2D eigenvalue weighted by atomic mass is 32.2. The van der Waals surface area contributed by atoms with Gasteiger partial charge in [0.05, 0.1) is 0 Å². The van der Waals surface area contributed by atoms with E-state index in [1.54, 1.807) is 0 Å². The third kappa shape index (κ3) is 3.04. The van der Waals surface area contributed by atoms with Gasteiger partial charge >= 0.3 is 0 Å². The predicted octanol–water partition coefficient (Wildman–Crippen LogP) is 1.31. The summed E-state index contributed by atoms with van der Waals surface area (Å²) in [6.07, 6.45) is 5.21. The minimum atomic E-state index is -3.52. The number of sulfonamides is 1. The van der Waals surface area contributed by atoms with Gasteiger partial charge in [-0.05, 0) is 33.1 Å². The van der Waals surface area contributed by atoms with Crippen molar-refractivity contribution < 1.29 is 8.42 Å². The lowest BCUT2D eigenvalue weighted by Crippen LogP contribution is -2.36. The number of H-pyrrole nitrogens is 1. The molecule has 0 atom stereocenters. The molecule has 1 saturated carbocycles. The van der Waals surface area contributed by atoms with Crippen molar-refractivity contribution in [2.45, 2.75) is 50.7 Å². The molecule has 2 heterocycles. The second kappa shape index (κ2) is 5.55. The zero-order valence-corrected chi connectivity index (χ0v) is 13.3. The summed E-state index contributed by atoms with van der Waals surface area (Å²) >= 11 is 0. The normalized spacial score (nSPS) is 20.6. The molecule has 1 fully saturated rings. The molecule has 0 saturated heterocycles. The van der Waals surface area contributed by atoms with Crippen molar-refractivity contribution in [3.05, 3.63) is 22.9 Å². The lowest BCUT2D eigenvalue weighted by atomic mass is 10.2. The molecule has 0 unspecified atom stereocenters. The van der Waals surface area contributed by atoms with Crippen LogP contribution in [0, 0.1) is 6.92 Å². The van der Waals surface area contributed by atoms with Gasteiger partial charge in [-0.15, -0.1) is 0 Å². The highest BCUT2D eigenvalue weighted by Crippen LogP contribution is 2.25. The average Bonchev–Trinajstić information content (AvgIpc) is 3.19. The minimum absolute atomic E-state index is 0.183. The molecule has 6 nitrogen and oxygen atoms in total. The number of hydrogen-bond donors (Lipinski definition) is 2. The zero-order chi connectivity index (χ0) is 15.0. The Bertz CT molecular complexity index is 659. The number of hydrogen-bond acceptors (Lipinski definition) is 4. The van der Waals surface area contributed by atoms with Gasteiger partial charge in [-0.2, -0.15) is 9.40 Å². The summed E-state index contributed by atoms with van der Waals surface area (Å²) in [6.45, 7) is 5.39. The standard InChI is InChI=1S/C14H22N4O2S/c1-10-4-3-7-18(9-10)21(19,20)14-13(11(2)16-17-14)8-15-12-5-6-12/h4,12,15H,3,5-9H2,1-2H3,(H,16,17). The summed E-state index contributed by atoms with van der Waals surface area (Å²) in [5, 5.41) is 10.5. The van der Waals surface area contributed by atoms with Gasteiger partial charge in [0.2, 0.25) is 0 Å². The second-order valence-corrected chi connectivity index (χ2v) is 7.82. The molecule has 0 amide bonds. The Hall–Kier alpha value is -1.18. The van der Waals surface area contributed by atoms with Crippen LogP contribution in [-0.2, 0) is 16.6 Å². The molecule has 1 aliphatic carbocycles. The van der Waals surface area contributed by atoms with Gasteiger partial charge in [0, 0.05) is 36.9 Å². The first-order valence-corrected chi connectivity index (χ1v) is 8.85. The van der Waals surface area contributed by atoms with Crippen LogP contribution in [0.25, 0.3) is 0 Å². The fourth-order valence-electron chi connectivity index (χ4n) is 2.59. The Kier molecular flexibility index (Phi) is 3.90. The van der Waals surface area contributed by atoms with Crippen LogP contribution >= 0.6 is 0 Å². The molecule has 2 N–H and O–H groups in total. The second-order valence-electron chi connectivity index (χ2n) is 5.97. The van der Waals surface area contributed by atoms with Crippen LogP contribution in [0.2, 0.25) is 0 Å². The Morgan fingerprint density at radius 3 is 2.86 bits per heavy atom. The van der Waals surface area contributed by atoms with Gasteiger partial charge in [-0.1, -0.05) is 11.6 Å². The molecule has 0 radical (unpaired) electrons. The molecular formula is C14H22N4O2S. The molecule has 1 aliphatic heterocycles. The molecule has 1 aromatic heterocycles. The maximum Gasteiger partial charge on any atom is 0.263 e. The Morgan fingerprint density at radius 2 is 2.19 bits per heavy atom. The highest BCUT2D eigenvalue weighted by Gasteiger charge is 2.32. The summed E-state index contributed by atoms with van der Waals surface area (Å²) in [6, 6.07) is 0.537. The Balaban J connectivity index is 1.85. The molecule has 3 rings (SSSR count). The molecule has 7 heteroatoms. The minimum Gasteiger partial charge on any atom is -0.310 e. The van der Waals surface area contributed by atoms with Crippen LogP contribution in [0.4, 0.5) is 0 Å². The largest absolute Gasteiger partial charge is 0.310 e. The Labute approximate surface area is 125 Å². The van der Waals surface area contributed by atoms with Crippen LogP contribution in [0.5, 0.6) is 0 Å². The molecule has 1 aromatic rings. The molecule has 0 bridgehead atoms. The number of aromatic nitrogens is 2. The molecule has 0 aromatic carbocycles. The number of rotatable bonds is 5. The third-order valence-electron chi connectivity index (χ3n) is 4.06. The van der Waals surface area contributed by atoms with Crippen molar-refractivity contribution in [1.82, 2.24) is 19.8 Å². The molecule has 116 valence electrons. The van der Waals surface area contributed by atoms with Crippen molar-refractivity contribution >= 4 is 10.0 Å². The van der Waals surface area contributed by atoms with E-state index in [0.717, 1.165) is 23.3 Å². The smallest absolute Gasteiger partial charge is 0.263 e. The fraction of sp³-hybridized carbons (Fsp3) is 0.643. The first-order valence-electron chi connectivity index (χ1n) is 7.41. The van der Waals surface area contributed by atoms with Crippen LogP contribution in [0.3, 0.4) is 0 Å². The van der Waals surface area contributed by atoms with E-state index in [4.69, 9.17) is 0 Å². The van der Waals surface area contributed by atoms with E-state index in [9.17, 15) is 8.42 Å². The van der Waals surface area contributed by atoms with Crippen molar-refractivity contribution in [1.29, 1.82) is 0 Å². The van der Waals surface area contributed by atoms with Gasteiger partial charge in [0.1, 0.15) is 0 Å². The average molecular weight is 310 g/mol. The van der Waals surface area contributed by atoms with Gasteiger partial charge in [-0.3, -0.25) is 5.10 Å². The summed E-state index contributed by atoms with van der Waals surface area (Å²) in [7, 11) is -3.52. The van der Waals surface area contributed by atoms with Crippen molar-refractivity contribution in [2.75, 3.05) is 13.1 Å². The molecule has 21 heavy (non-hydrogen) atoms. The van der Waals surface area contributed by atoms with Crippen molar-refractivity contribution in [2.24, 2.45) is 0 Å². The maximum absolute atomic E-state index is 12.8. The monoisotopic (exact) mass is 310 g/mol. The van der Waals surface area contributed by atoms with E-state index in [0.29, 0.717) is 25.7 Å². The highest BCUT2D eigenvalue weighted by molar-refractivity contribution is 7.89. The first-order chi connectivity index (χ1) is 9.98. The Morgan fingerprint density at radius 1 is 1.43 bits per heavy atom. The molecule has 2 aliphatic rings. The maximum atomic E-state index is 12.8. The van der Waals surface area contributed by atoms with Gasteiger partial charge in [0.15, 0.2) is 5.03 Å². The van der Waals surface area contributed by atoms with Crippen LogP contribution in [0.1, 0.15) is 37.4 Å². The van der Waals surface area contributed by atoms with Crippen LogP contribution in [0.15, 0.2) is 16.7 Å². The van der Waals surface area contributed by atoms with E-state index >= 15 is 0 Å². The topological polar surface area (TPSA) is 78.1 Å². The molecular weight excluding hydrogens is 288 g/mol. The summed E-state index contributed by atoms with van der Waals surface area (Å²) < 4.78 is 27.2. The number of nitrogens with zero attached hydrogens (tertiary/aromatic N) is 2. The van der Waals surface area contributed by atoms with Crippen molar-refractivity contribution in [3.8, 4) is 0 Å². The summed E-state index contributed by atoms with van der Waals surface area (Å²) in [5.74, 6) is 0. The quantitative estimate of drug-likeness (QED) is 0.804. The van der Waals surface area contributed by atoms with Crippen molar-refractivity contribution in [3.63, 3.8) is 0 Å². The number of nitrogens with one attached hydrogen (secondary N) is 2. The fourth-order valence-corrected chi connectivity index (χ4v) is 4.25. The third-order valence-corrected chi connectivity index (χ3v) is 5.88. The number of aryl methyl sites for hydroxylation is 1. The van der Waals surface area contributed by atoms with Crippen LogP contribution < -0.4 is 5.32 Å². The SMILES string of the molecule is CC1=CCCN(S(=O)(=O)c2n[nH]c(C)c2CNC2CC2)C1. The lowest BCUT2D eigenvalue weighted by Gasteiger charge is -2.25. The van der Waals surface area contributed by atoms with E-state index in [1.165, 1.54) is 17.1 Å². The van der Waals surface area contributed by atoms with Gasteiger partial charge in [-0.25, -0.2) is 8.42 Å². The van der Waals surface area contributed by atoms with Gasteiger partial charge in [0.25, 0.3) is 10.0 Å². The summed E-state index contributed by atoms with van der Waals surface area (Å²) in [5.41, 5.74) is 2.69. The predicted molar refractivity (Wildman–Crippen MR) is 80.3 cm³/mol. The van der Waals surface area contributed by atoms with E-state index < -0.39 is 10.0 Å². The first kappa shape index (κ1) is 14.7. The lowest BCUT2D eigenvalue weighted by molar-refractivity contribution is 0.424. The molecule has 0 spiro atoms. The summed E-state index contributed by atoms with van der Waals surface area (Å²) in [4.78, 5) is 0. The van der Waals surface area contributed by atoms with E-state index in [-0.39, 0.29) is 5.03 Å². The van der Waals surface area contributed by atoms with E-state index in [2.05, 4.69) is 21.6 Å². The number of aromatic amines is 1. The zero-order valence-electron chi connectivity index (χ0n) is 12.5. The van der Waals surface area contributed by atoms with Crippen LogP contribution in [-0.4, -0.2) is 42.1 Å². The van der Waals surface area contributed by atoms with Gasteiger partial charge < -0.3 is 5.32 Å².